The van der Waals surface area contributed by atoms with Gasteiger partial charge in [0.1, 0.15) is 17.6 Å². The number of aliphatic imine (C=N–C) groups is 1. The van der Waals surface area contributed by atoms with Crippen LogP contribution in [0.5, 0.6) is 11.5 Å². The third-order valence-corrected chi connectivity index (χ3v) is 5.93. The van der Waals surface area contributed by atoms with Crippen LogP contribution in [0.15, 0.2) is 17.1 Å². The van der Waals surface area contributed by atoms with Gasteiger partial charge in [-0.2, -0.15) is 0 Å². The van der Waals surface area contributed by atoms with E-state index < -0.39 is 0 Å². The number of ether oxygens (including phenoxy) is 2. The van der Waals surface area contributed by atoms with Crippen molar-refractivity contribution >= 4 is 35.8 Å². The summed E-state index contributed by atoms with van der Waals surface area (Å²) in [4.78, 5) is 20.9. The number of hydrogen-bond acceptors (Lipinski definition) is 5. The predicted molar refractivity (Wildman–Crippen MR) is 132 cm³/mol. The second-order valence-electron chi connectivity index (χ2n) is 8.41. The Morgan fingerprint density at radius 2 is 2.00 bits per heavy atom. The maximum Gasteiger partial charge on any atom is 0.234 e. The Bertz CT molecular complexity index is 807. The van der Waals surface area contributed by atoms with Crippen LogP contribution >= 0.6 is 24.0 Å². The normalized spacial score (nSPS) is 21.1. The van der Waals surface area contributed by atoms with Crippen molar-refractivity contribution in [3.05, 3.63) is 23.3 Å². The Balaban J connectivity index is 0.00000272. The average molecular weight is 543 g/mol. The third-order valence-electron chi connectivity index (χ3n) is 5.93. The second-order valence-corrected chi connectivity index (χ2v) is 8.41. The highest BCUT2D eigenvalue weighted by atomic mass is 127. The van der Waals surface area contributed by atoms with Crippen molar-refractivity contribution < 1.29 is 14.3 Å². The number of nitrogens with one attached hydrogen (secondary N) is 2. The van der Waals surface area contributed by atoms with Gasteiger partial charge in [0.2, 0.25) is 5.91 Å². The maximum atomic E-state index is 12.0. The lowest BCUT2D eigenvalue weighted by atomic mass is 10.1. The molecule has 1 aliphatic carbocycles. The minimum absolute atomic E-state index is 0. The van der Waals surface area contributed by atoms with Crippen LogP contribution in [0.1, 0.15) is 30.9 Å². The molecule has 2 heterocycles. The predicted octanol–water partition coefficient (Wildman–Crippen LogP) is 1.61. The van der Waals surface area contributed by atoms with Gasteiger partial charge in [0.15, 0.2) is 5.96 Å². The van der Waals surface area contributed by atoms with Crippen molar-refractivity contribution in [2.24, 2.45) is 4.99 Å². The molecule has 1 amide bonds. The van der Waals surface area contributed by atoms with Crippen LogP contribution in [-0.4, -0.2) is 80.7 Å². The van der Waals surface area contributed by atoms with Crippen LogP contribution < -0.4 is 20.1 Å². The summed E-state index contributed by atoms with van der Waals surface area (Å²) in [7, 11) is 3.51. The van der Waals surface area contributed by atoms with E-state index in [0.29, 0.717) is 19.1 Å². The zero-order chi connectivity index (χ0) is 21.1. The van der Waals surface area contributed by atoms with Crippen LogP contribution in [-0.2, 0) is 17.8 Å². The molecule has 2 N–H and O–H groups in total. The number of rotatable bonds is 6. The quantitative estimate of drug-likeness (QED) is 0.323. The SMILES string of the molecule is CN=C(NCc1cc2c(cc1OC)CC(C)O2)N1CCN(CC(=O)NC2CC2)CC1.I. The molecule has 0 spiro atoms. The second kappa shape index (κ2) is 10.7. The standard InChI is InChI=1S/C22H33N5O3.HI/c1-15-10-16-11-19(29-3)17(12-20(16)30-15)13-24-22(23-2)27-8-6-26(7-9-27)14-21(28)25-18-4-5-18;/h11-12,15,18H,4-10,13-14H2,1-3H3,(H,23,24)(H,25,28);1H. The number of amides is 1. The Labute approximate surface area is 201 Å². The average Bonchev–Trinajstić information content (AvgIpc) is 3.47. The summed E-state index contributed by atoms with van der Waals surface area (Å²) in [5, 5.41) is 6.53. The van der Waals surface area contributed by atoms with E-state index in [1.807, 2.05) is 7.05 Å². The fourth-order valence-electron chi connectivity index (χ4n) is 4.14. The highest BCUT2D eigenvalue weighted by molar-refractivity contribution is 14.0. The first kappa shape index (κ1) is 23.9. The molecule has 1 saturated carbocycles. The molecule has 1 aromatic rings. The number of nitrogens with zero attached hydrogens (tertiary/aromatic N) is 3. The molecule has 8 nitrogen and oxygen atoms in total. The highest BCUT2D eigenvalue weighted by Gasteiger charge is 2.26. The molecule has 0 bridgehead atoms. The topological polar surface area (TPSA) is 78.4 Å². The van der Waals surface area contributed by atoms with E-state index in [1.54, 1.807) is 7.11 Å². The van der Waals surface area contributed by atoms with E-state index in [2.05, 4.69) is 44.5 Å². The Morgan fingerprint density at radius 3 is 2.65 bits per heavy atom. The van der Waals surface area contributed by atoms with E-state index in [1.165, 1.54) is 5.56 Å². The first-order valence-electron chi connectivity index (χ1n) is 10.9. The fourth-order valence-corrected chi connectivity index (χ4v) is 4.14. The van der Waals surface area contributed by atoms with E-state index in [4.69, 9.17) is 9.47 Å². The van der Waals surface area contributed by atoms with Crippen molar-refractivity contribution in [3.8, 4) is 11.5 Å². The molecule has 1 unspecified atom stereocenters. The van der Waals surface area contributed by atoms with Crippen molar-refractivity contribution in [3.63, 3.8) is 0 Å². The van der Waals surface area contributed by atoms with Gasteiger partial charge in [0.25, 0.3) is 0 Å². The number of benzene rings is 1. The summed E-state index contributed by atoms with van der Waals surface area (Å²) in [6.07, 6.45) is 3.39. The van der Waals surface area contributed by atoms with E-state index in [9.17, 15) is 4.79 Å². The molecule has 3 aliphatic rings. The molecule has 2 fully saturated rings. The molecule has 4 rings (SSSR count). The largest absolute Gasteiger partial charge is 0.496 e. The molecule has 1 atom stereocenters. The van der Waals surface area contributed by atoms with Crippen LogP contribution in [0, 0.1) is 0 Å². The van der Waals surface area contributed by atoms with Gasteiger partial charge in [-0.3, -0.25) is 14.7 Å². The fraction of sp³-hybridized carbons (Fsp3) is 0.636. The Hall–Kier alpha value is -1.75. The summed E-state index contributed by atoms with van der Waals surface area (Å²) in [5.41, 5.74) is 2.26. The van der Waals surface area contributed by atoms with Gasteiger partial charge in [-0.15, -0.1) is 24.0 Å². The van der Waals surface area contributed by atoms with Crippen molar-refractivity contribution in [2.45, 2.75) is 44.9 Å². The van der Waals surface area contributed by atoms with Gasteiger partial charge in [0.05, 0.1) is 13.7 Å². The first-order chi connectivity index (χ1) is 14.6. The number of methoxy groups -OCH3 is 1. The minimum Gasteiger partial charge on any atom is -0.496 e. The minimum atomic E-state index is 0. The molecule has 2 aliphatic heterocycles. The van der Waals surface area contributed by atoms with Crippen molar-refractivity contribution in [1.29, 1.82) is 0 Å². The van der Waals surface area contributed by atoms with Crippen molar-refractivity contribution in [1.82, 2.24) is 20.4 Å². The summed E-state index contributed by atoms with van der Waals surface area (Å²) < 4.78 is 11.5. The number of carbonyl (C=O) groups is 1. The summed E-state index contributed by atoms with van der Waals surface area (Å²) >= 11 is 0. The number of fused-ring (bicyclic) bond motifs is 1. The molecule has 9 heteroatoms. The molecular weight excluding hydrogens is 509 g/mol. The number of carbonyl (C=O) groups excluding carboxylic acids is 1. The molecule has 1 saturated heterocycles. The van der Waals surface area contributed by atoms with Gasteiger partial charge in [-0.25, -0.2) is 0 Å². The summed E-state index contributed by atoms with van der Waals surface area (Å²) in [5.74, 6) is 2.84. The summed E-state index contributed by atoms with van der Waals surface area (Å²) in [6, 6.07) is 4.59. The number of guanidine groups is 1. The number of hydrogen-bond donors (Lipinski definition) is 2. The molecule has 0 aromatic heterocycles. The molecule has 1 aromatic carbocycles. The van der Waals surface area contributed by atoms with E-state index in [-0.39, 0.29) is 36.0 Å². The number of halogens is 1. The molecule has 31 heavy (non-hydrogen) atoms. The zero-order valence-corrected chi connectivity index (χ0v) is 21.0. The molecular formula is C22H34IN5O3. The maximum absolute atomic E-state index is 12.0. The Morgan fingerprint density at radius 1 is 1.26 bits per heavy atom. The van der Waals surface area contributed by atoms with Gasteiger partial charge >= 0.3 is 0 Å². The third kappa shape index (κ3) is 6.15. The monoisotopic (exact) mass is 543 g/mol. The lowest BCUT2D eigenvalue weighted by molar-refractivity contribution is -0.122. The van der Waals surface area contributed by atoms with Gasteiger partial charge in [-0.05, 0) is 31.9 Å². The summed E-state index contributed by atoms with van der Waals surface area (Å²) in [6.45, 7) is 6.59. The van der Waals surface area contributed by atoms with Gasteiger partial charge < -0.3 is 25.0 Å². The molecule has 172 valence electrons. The van der Waals surface area contributed by atoms with Crippen LogP contribution in [0.2, 0.25) is 0 Å². The van der Waals surface area contributed by atoms with Crippen LogP contribution in [0.4, 0.5) is 0 Å². The first-order valence-corrected chi connectivity index (χ1v) is 10.9. The lowest BCUT2D eigenvalue weighted by Gasteiger charge is -2.36. The van der Waals surface area contributed by atoms with Gasteiger partial charge in [-0.1, -0.05) is 0 Å². The number of piperazine rings is 1. The Kier molecular flexibility index (Phi) is 8.26. The van der Waals surface area contributed by atoms with Crippen molar-refractivity contribution in [2.75, 3.05) is 46.9 Å². The van der Waals surface area contributed by atoms with Crippen LogP contribution in [0.3, 0.4) is 0 Å². The van der Waals surface area contributed by atoms with E-state index in [0.717, 1.165) is 68.5 Å². The van der Waals surface area contributed by atoms with Gasteiger partial charge in [0, 0.05) is 63.4 Å². The van der Waals surface area contributed by atoms with E-state index >= 15 is 0 Å². The highest BCUT2D eigenvalue weighted by Crippen LogP contribution is 2.34. The smallest absolute Gasteiger partial charge is 0.234 e. The van der Waals surface area contributed by atoms with Crippen LogP contribution in [0.25, 0.3) is 0 Å². The lowest BCUT2D eigenvalue weighted by Crippen LogP contribution is -2.54. The molecule has 0 radical (unpaired) electrons. The zero-order valence-electron chi connectivity index (χ0n) is 18.6.